The Hall–Kier alpha value is -0.960. The van der Waals surface area contributed by atoms with Crippen LogP contribution in [0.1, 0.15) is 50.8 Å². The maximum absolute atomic E-state index is 4.56. The van der Waals surface area contributed by atoms with Gasteiger partial charge in [0, 0.05) is 18.2 Å². The van der Waals surface area contributed by atoms with Crippen molar-refractivity contribution in [2.75, 3.05) is 6.54 Å². The van der Waals surface area contributed by atoms with E-state index in [9.17, 15) is 0 Å². The third-order valence-corrected chi connectivity index (χ3v) is 2.30. The Morgan fingerprint density at radius 3 is 2.44 bits per heavy atom. The molecule has 0 saturated heterocycles. The van der Waals surface area contributed by atoms with Gasteiger partial charge in [-0.25, -0.2) is 9.97 Å². The molecular formula is C13H23N3. The highest BCUT2D eigenvalue weighted by Gasteiger charge is 2.05. The van der Waals surface area contributed by atoms with E-state index in [0.29, 0.717) is 11.8 Å². The van der Waals surface area contributed by atoms with Gasteiger partial charge in [-0.15, -0.1) is 0 Å². The highest BCUT2D eigenvalue weighted by Crippen LogP contribution is 2.10. The van der Waals surface area contributed by atoms with E-state index in [2.05, 4.69) is 49.0 Å². The maximum atomic E-state index is 4.56. The molecule has 90 valence electrons. The molecule has 0 aliphatic rings. The Balaban J connectivity index is 2.65. The summed E-state index contributed by atoms with van der Waals surface area (Å²) < 4.78 is 0. The van der Waals surface area contributed by atoms with E-state index < -0.39 is 0 Å². The number of rotatable bonds is 5. The lowest BCUT2D eigenvalue weighted by molar-refractivity contribution is 0.546. The van der Waals surface area contributed by atoms with E-state index in [1.165, 1.54) is 0 Å². The molecule has 1 N–H and O–H groups in total. The Labute approximate surface area is 98.7 Å². The Bertz CT molecular complexity index is 332. The topological polar surface area (TPSA) is 37.8 Å². The van der Waals surface area contributed by atoms with Crippen LogP contribution in [0.15, 0.2) is 6.07 Å². The molecule has 0 aliphatic carbocycles. The second-order valence-corrected chi connectivity index (χ2v) is 5.04. The van der Waals surface area contributed by atoms with Crippen molar-refractivity contribution in [3.05, 3.63) is 23.3 Å². The molecule has 1 rings (SSSR count). The highest BCUT2D eigenvalue weighted by molar-refractivity contribution is 5.11. The van der Waals surface area contributed by atoms with Crippen LogP contribution in [-0.2, 0) is 6.54 Å². The molecule has 0 fully saturated rings. The maximum Gasteiger partial charge on any atom is 0.131 e. The van der Waals surface area contributed by atoms with Gasteiger partial charge in [-0.1, -0.05) is 27.7 Å². The second kappa shape index (κ2) is 5.94. The smallest absolute Gasteiger partial charge is 0.131 e. The van der Waals surface area contributed by atoms with Gasteiger partial charge in [0.1, 0.15) is 5.82 Å². The van der Waals surface area contributed by atoms with Crippen molar-refractivity contribution < 1.29 is 0 Å². The first kappa shape index (κ1) is 13.1. The number of aryl methyl sites for hydroxylation is 1. The lowest BCUT2D eigenvalue weighted by Gasteiger charge is -2.10. The summed E-state index contributed by atoms with van der Waals surface area (Å²) in [6, 6.07) is 2.05. The first-order valence-electron chi connectivity index (χ1n) is 6.04. The number of hydrogen-bond acceptors (Lipinski definition) is 3. The van der Waals surface area contributed by atoms with Crippen LogP contribution in [0.2, 0.25) is 0 Å². The van der Waals surface area contributed by atoms with E-state index in [0.717, 1.165) is 30.3 Å². The first-order chi connectivity index (χ1) is 7.49. The minimum Gasteiger partial charge on any atom is -0.311 e. The number of hydrogen-bond donors (Lipinski definition) is 1. The molecule has 0 saturated carbocycles. The van der Waals surface area contributed by atoms with Crippen molar-refractivity contribution >= 4 is 0 Å². The van der Waals surface area contributed by atoms with Gasteiger partial charge >= 0.3 is 0 Å². The fourth-order valence-corrected chi connectivity index (χ4v) is 1.50. The summed E-state index contributed by atoms with van der Waals surface area (Å²) in [4.78, 5) is 8.99. The van der Waals surface area contributed by atoms with Crippen LogP contribution in [0.5, 0.6) is 0 Å². The van der Waals surface area contributed by atoms with Crippen molar-refractivity contribution in [1.82, 2.24) is 15.3 Å². The fraction of sp³-hybridized carbons (Fsp3) is 0.692. The zero-order valence-corrected chi connectivity index (χ0v) is 11.0. The average Bonchev–Trinajstić information content (AvgIpc) is 2.16. The molecule has 1 aromatic heterocycles. The summed E-state index contributed by atoms with van der Waals surface area (Å²) in [5.74, 6) is 2.01. The molecular weight excluding hydrogens is 198 g/mol. The molecule has 0 aromatic carbocycles. The van der Waals surface area contributed by atoms with Crippen LogP contribution in [0.3, 0.4) is 0 Å². The lowest BCUT2D eigenvalue weighted by atomic mass is 10.2. The summed E-state index contributed by atoms with van der Waals surface area (Å²) >= 11 is 0. The molecule has 1 aromatic rings. The number of nitrogens with zero attached hydrogens (tertiary/aromatic N) is 2. The molecule has 0 unspecified atom stereocenters. The molecule has 0 aliphatic heterocycles. The molecule has 16 heavy (non-hydrogen) atoms. The quantitative estimate of drug-likeness (QED) is 0.830. The molecule has 0 amide bonds. The summed E-state index contributed by atoms with van der Waals surface area (Å²) in [5.41, 5.74) is 2.15. The average molecular weight is 221 g/mol. The van der Waals surface area contributed by atoms with Crippen LogP contribution < -0.4 is 5.32 Å². The van der Waals surface area contributed by atoms with E-state index in [1.807, 2.05) is 6.92 Å². The van der Waals surface area contributed by atoms with E-state index in [-0.39, 0.29) is 0 Å². The largest absolute Gasteiger partial charge is 0.311 e. The third-order valence-electron chi connectivity index (χ3n) is 2.30. The van der Waals surface area contributed by atoms with Crippen LogP contribution in [0.4, 0.5) is 0 Å². The normalized spacial score (nSPS) is 11.4. The summed E-state index contributed by atoms with van der Waals surface area (Å²) in [5, 5.41) is 3.40. The standard InChI is InChI=1S/C13H23N3/c1-9(2)7-14-8-12-6-11(5)15-13(16-12)10(3)4/h6,9-10,14H,7-8H2,1-5H3. The van der Waals surface area contributed by atoms with E-state index >= 15 is 0 Å². The molecule has 0 spiro atoms. The van der Waals surface area contributed by atoms with Crippen LogP contribution in [0, 0.1) is 12.8 Å². The Morgan fingerprint density at radius 1 is 1.19 bits per heavy atom. The molecule has 1 heterocycles. The SMILES string of the molecule is Cc1cc(CNCC(C)C)nc(C(C)C)n1. The molecule has 0 radical (unpaired) electrons. The van der Waals surface area contributed by atoms with Gasteiger partial charge in [0.15, 0.2) is 0 Å². The Morgan fingerprint density at radius 2 is 1.88 bits per heavy atom. The van der Waals surface area contributed by atoms with Gasteiger partial charge in [-0.05, 0) is 25.5 Å². The minimum absolute atomic E-state index is 0.392. The van der Waals surface area contributed by atoms with Gasteiger partial charge in [-0.3, -0.25) is 0 Å². The summed E-state index contributed by atoms with van der Waals surface area (Å²) in [6.45, 7) is 12.6. The zero-order valence-electron chi connectivity index (χ0n) is 11.0. The first-order valence-corrected chi connectivity index (χ1v) is 6.04. The van der Waals surface area contributed by atoms with Crippen molar-refractivity contribution in [2.45, 2.75) is 47.1 Å². The number of aromatic nitrogens is 2. The van der Waals surface area contributed by atoms with Gasteiger partial charge in [0.2, 0.25) is 0 Å². The monoisotopic (exact) mass is 221 g/mol. The van der Waals surface area contributed by atoms with Crippen molar-refractivity contribution in [3.63, 3.8) is 0 Å². The molecule has 0 bridgehead atoms. The second-order valence-electron chi connectivity index (χ2n) is 5.04. The van der Waals surface area contributed by atoms with Gasteiger partial charge in [-0.2, -0.15) is 0 Å². The minimum atomic E-state index is 0.392. The van der Waals surface area contributed by atoms with Crippen molar-refractivity contribution in [2.24, 2.45) is 5.92 Å². The third kappa shape index (κ3) is 4.27. The molecule has 3 nitrogen and oxygen atoms in total. The van der Waals surface area contributed by atoms with Gasteiger partial charge in [0.25, 0.3) is 0 Å². The van der Waals surface area contributed by atoms with Crippen LogP contribution in [0.25, 0.3) is 0 Å². The molecule has 3 heteroatoms. The fourth-order valence-electron chi connectivity index (χ4n) is 1.50. The van der Waals surface area contributed by atoms with Crippen LogP contribution in [-0.4, -0.2) is 16.5 Å². The van der Waals surface area contributed by atoms with Gasteiger partial charge in [0.05, 0.1) is 5.69 Å². The molecule has 0 atom stereocenters. The summed E-state index contributed by atoms with van der Waals surface area (Å²) in [6.07, 6.45) is 0. The van der Waals surface area contributed by atoms with E-state index in [1.54, 1.807) is 0 Å². The van der Waals surface area contributed by atoms with Crippen molar-refractivity contribution in [1.29, 1.82) is 0 Å². The lowest BCUT2D eigenvalue weighted by Crippen LogP contribution is -2.20. The number of nitrogens with one attached hydrogen (secondary N) is 1. The van der Waals surface area contributed by atoms with Gasteiger partial charge < -0.3 is 5.32 Å². The van der Waals surface area contributed by atoms with Crippen LogP contribution >= 0.6 is 0 Å². The predicted molar refractivity (Wildman–Crippen MR) is 67.4 cm³/mol. The Kier molecular flexibility index (Phi) is 4.87. The summed E-state index contributed by atoms with van der Waals surface area (Å²) in [7, 11) is 0. The van der Waals surface area contributed by atoms with Crippen molar-refractivity contribution in [3.8, 4) is 0 Å². The highest BCUT2D eigenvalue weighted by atomic mass is 14.9. The van der Waals surface area contributed by atoms with E-state index in [4.69, 9.17) is 0 Å². The predicted octanol–water partition coefficient (Wildman–Crippen LogP) is 2.65. The zero-order chi connectivity index (χ0) is 12.1.